The van der Waals surface area contributed by atoms with Crippen molar-refractivity contribution < 1.29 is 9.50 Å². The Morgan fingerprint density at radius 2 is 2.23 bits per heavy atom. The van der Waals surface area contributed by atoms with E-state index in [0.29, 0.717) is 5.39 Å². The number of hydrogen-bond acceptors (Lipinski definition) is 2. The van der Waals surface area contributed by atoms with Crippen molar-refractivity contribution in [2.45, 2.75) is 6.61 Å². The van der Waals surface area contributed by atoms with Gasteiger partial charge in [-0.15, -0.1) is 11.3 Å². The lowest BCUT2D eigenvalue weighted by Gasteiger charge is -1.94. The molecule has 1 nitrogen and oxygen atoms in total. The zero-order chi connectivity index (χ0) is 9.42. The van der Waals surface area contributed by atoms with Crippen LogP contribution in [0.2, 0.25) is 4.34 Å². The number of halogens is 2. The van der Waals surface area contributed by atoms with E-state index >= 15 is 0 Å². The number of aliphatic hydroxyl groups excluding tert-OH is 1. The lowest BCUT2D eigenvalue weighted by atomic mass is 10.2. The number of fused-ring (bicyclic) bond motifs is 1. The highest BCUT2D eigenvalue weighted by atomic mass is 35.5. The van der Waals surface area contributed by atoms with Gasteiger partial charge in [-0.2, -0.15) is 0 Å². The van der Waals surface area contributed by atoms with Gasteiger partial charge in [0, 0.05) is 10.1 Å². The molecule has 0 aliphatic heterocycles. The van der Waals surface area contributed by atoms with Gasteiger partial charge in [0.2, 0.25) is 0 Å². The number of rotatable bonds is 1. The van der Waals surface area contributed by atoms with Crippen molar-refractivity contribution in [2.75, 3.05) is 0 Å². The summed E-state index contributed by atoms with van der Waals surface area (Å²) in [5, 5.41) is 9.37. The monoisotopic (exact) mass is 216 g/mol. The van der Waals surface area contributed by atoms with Crippen molar-refractivity contribution >= 4 is 33.0 Å². The fraction of sp³-hybridized carbons (Fsp3) is 0.111. The molecule has 0 atom stereocenters. The number of hydrogen-bond donors (Lipinski definition) is 1. The standard InChI is InChI=1S/C9H6ClFOS/c10-9-8(11)6-2-1-5(4-12)3-7(6)13-9/h1-3,12H,4H2. The van der Waals surface area contributed by atoms with Crippen molar-refractivity contribution in [3.05, 3.63) is 33.9 Å². The summed E-state index contributed by atoms with van der Waals surface area (Å²) in [4.78, 5) is 0. The Balaban J connectivity index is 2.73. The first-order valence-electron chi connectivity index (χ1n) is 3.69. The van der Waals surface area contributed by atoms with Crippen molar-refractivity contribution in [1.82, 2.24) is 0 Å². The molecule has 13 heavy (non-hydrogen) atoms. The first-order valence-corrected chi connectivity index (χ1v) is 4.89. The highest BCUT2D eigenvalue weighted by Gasteiger charge is 2.09. The van der Waals surface area contributed by atoms with E-state index in [2.05, 4.69) is 0 Å². The molecule has 0 fully saturated rings. The Kier molecular flexibility index (Phi) is 2.24. The van der Waals surface area contributed by atoms with E-state index in [9.17, 15) is 4.39 Å². The molecule has 0 radical (unpaired) electrons. The largest absolute Gasteiger partial charge is 0.392 e. The predicted octanol–water partition coefficient (Wildman–Crippen LogP) is 3.19. The molecule has 0 amide bonds. The molecule has 0 unspecified atom stereocenters. The van der Waals surface area contributed by atoms with Crippen LogP contribution in [0.1, 0.15) is 5.56 Å². The molecule has 0 aliphatic carbocycles. The molecular formula is C9H6ClFOS. The molecule has 2 aromatic rings. The van der Waals surface area contributed by atoms with E-state index in [0.717, 1.165) is 10.3 Å². The highest BCUT2D eigenvalue weighted by molar-refractivity contribution is 7.22. The summed E-state index contributed by atoms with van der Waals surface area (Å²) in [5.74, 6) is -0.369. The number of aliphatic hydroxyl groups is 1. The van der Waals surface area contributed by atoms with Gasteiger partial charge in [-0.05, 0) is 11.6 Å². The van der Waals surface area contributed by atoms with E-state index in [4.69, 9.17) is 16.7 Å². The Morgan fingerprint density at radius 3 is 2.92 bits per heavy atom. The van der Waals surface area contributed by atoms with Crippen LogP contribution in [0.5, 0.6) is 0 Å². The van der Waals surface area contributed by atoms with Gasteiger partial charge in [0.05, 0.1) is 6.61 Å². The summed E-state index contributed by atoms with van der Waals surface area (Å²) in [6, 6.07) is 5.07. The Hall–Kier alpha value is -0.640. The van der Waals surface area contributed by atoms with Gasteiger partial charge in [0.25, 0.3) is 0 Å². The molecule has 0 saturated heterocycles. The maximum absolute atomic E-state index is 13.2. The summed E-state index contributed by atoms with van der Waals surface area (Å²) in [6.45, 7) is -0.0346. The van der Waals surface area contributed by atoms with E-state index in [1.807, 2.05) is 0 Å². The van der Waals surface area contributed by atoms with Crippen molar-refractivity contribution in [3.63, 3.8) is 0 Å². The maximum Gasteiger partial charge on any atom is 0.160 e. The van der Waals surface area contributed by atoms with Crippen molar-refractivity contribution in [3.8, 4) is 0 Å². The SMILES string of the molecule is OCc1ccc2c(F)c(Cl)sc2c1. The van der Waals surface area contributed by atoms with Crippen LogP contribution in [0.25, 0.3) is 10.1 Å². The second kappa shape index (κ2) is 3.25. The van der Waals surface area contributed by atoms with E-state index < -0.39 is 0 Å². The quantitative estimate of drug-likeness (QED) is 0.776. The molecule has 4 heteroatoms. The van der Waals surface area contributed by atoms with Gasteiger partial charge >= 0.3 is 0 Å². The summed E-state index contributed by atoms with van der Waals surface area (Å²) in [7, 11) is 0. The second-order valence-corrected chi connectivity index (χ2v) is 4.33. The smallest absolute Gasteiger partial charge is 0.160 e. The highest BCUT2D eigenvalue weighted by Crippen LogP contribution is 2.33. The van der Waals surface area contributed by atoms with Gasteiger partial charge in [0.1, 0.15) is 4.34 Å². The molecule has 1 heterocycles. The molecular weight excluding hydrogens is 211 g/mol. The van der Waals surface area contributed by atoms with E-state index in [1.54, 1.807) is 18.2 Å². The van der Waals surface area contributed by atoms with Gasteiger partial charge in [-0.3, -0.25) is 0 Å². The van der Waals surface area contributed by atoms with Gasteiger partial charge < -0.3 is 5.11 Å². The van der Waals surface area contributed by atoms with Crippen LogP contribution in [0.3, 0.4) is 0 Å². The summed E-state index contributed by atoms with van der Waals surface area (Å²) in [5.41, 5.74) is 0.769. The van der Waals surface area contributed by atoms with E-state index in [1.165, 1.54) is 11.3 Å². The first kappa shape index (κ1) is 8.94. The molecule has 0 spiro atoms. The lowest BCUT2D eigenvalue weighted by molar-refractivity contribution is 0.282. The fourth-order valence-corrected chi connectivity index (χ4v) is 2.40. The molecule has 68 valence electrons. The fourth-order valence-electron chi connectivity index (χ4n) is 1.18. The van der Waals surface area contributed by atoms with Gasteiger partial charge in [-0.25, -0.2) is 4.39 Å². The summed E-state index contributed by atoms with van der Waals surface area (Å²) < 4.78 is 14.2. The lowest BCUT2D eigenvalue weighted by Crippen LogP contribution is -1.80. The third-order valence-electron chi connectivity index (χ3n) is 1.84. The Morgan fingerprint density at radius 1 is 1.46 bits per heavy atom. The molecule has 2 rings (SSSR count). The minimum Gasteiger partial charge on any atom is -0.392 e. The molecule has 0 saturated carbocycles. The van der Waals surface area contributed by atoms with Gasteiger partial charge in [-0.1, -0.05) is 23.7 Å². The summed E-state index contributed by atoms with van der Waals surface area (Å²) in [6.07, 6.45) is 0. The van der Waals surface area contributed by atoms with Crippen LogP contribution in [0.15, 0.2) is 18.2 Å². The Labute approximate surface area is 83.4 Å². The maximum atomic E-state index is 13.2. The average Bonchev–Trinajstić information content (AvgIpc) is 2.42. The molecule has 1 aromatic heterocycles. The third-order valence-corrected chi connectivity index (χ3v) is 3.15. The molecule has 0 aliphatic rings. The van der Waals surface area contributed by atoms with Crippen LogP contribution in [0.4, 0.5) is 4.39 Å². The third kappa shape index (κ3) is 1.43. The first-order chi connectivity index (χ1) is 6.22. The summed E-state index contributed by atoms with van der Waals surface area (Å²) >= 11 is 6.82. The van der Waals surface area contributed by atoms with Crippen molar-refractivity contribution in [2.24, 2.45) is 0 Å². The molecule has 0 bridgehead atoms. The normalized spacial score (nSPS) is 11.0. The Bertz CT molecular complexity index is 452. The molecule has 1 aromatic carbocycles. The van der Waals surface area contributed by atoms with Gasteiger partial charge in [0.15, 0.2) is 5.82 Å². The van der Waals surface area contributed by atoms with E-state index in [-0.39, 0.29) is 16.8 Å². The van der Waals surface area contributed by atoms with Crippen LogP contribution in [-0.4, -0.2) is 5.11 Å². The zero-order valence-corrected chi connectivity index (χ0v) is 8.12. The minimum absolute atomic E-state index is 0.0346. The predicted molar refractivity (Wildman–Crippen MR) is 52.7 cm³/mol. The van der Waals surface area contributed by atoms with Crippen LogP contribution < -0.4 is 0 Å². The van der Waals surface area contributed by atoms with Crippen LogP contribution in [-0.2, 0) is 6.61 Å². The van der Waals surface area contributed by atoms with Crippen molar-refractivity contribution in [1.29, 1.82) is 0 Å². The average molecular weight is 217 g/mol. The second-order valence-electron chi connectivity index (χ2n) is 2.68. The topological polar surface area (TPSA) is 20.2 Å². The minimum atomic E-state index is -0.369. The molecule has 1 N–H and O–H groups in total. The number of thiophene rings is 1. The number of benzene rings is 1. The van der Waals surface area contributed by atoms with Crippen LogP contribution >= 0.6 is 22.9 Å². The van der Waals surface area contributed by atoms with Crippen LogP contribution in [0, 0.1) is 5.82 Å². The zero-order valence-electron chi connectivity index (χ0n) is 6.55.